The Bertz CT molecular complexity index is 3220. The topological polar surface area (TPSA) is 42.8 Å². The van der Waals surface area contributed by atoms with E-state index in [1.165, 1.54) is 21.9 Å². The number of aromatic nitrogens is 1. The second kappa shape index (κ2) is 14.5. The molecule has 0 bridgehead atoms. The molecule has 0 amide bonds. The van der Waals surface area contributed by atoms with E-state index in [4.69, 9.17) is 14.4 Å². The second-order valence-corrected chi connectivity index (χ2v) is 14.9. The molecule has 0 aliphatic heterocycles. The molecule has 276 valence electrons. The summed E-state index contributed by atoms with van der Waals surface area (Å²) in [6.45, 7) is 8.88. The van der Waals surface area contributed by atoms with Crippen LogP contribution in [0.4, 0.5) is 0 Å². The smallest absolute Gasteiger partial charge is 0.160 e. The fourth-order valence-electron chi connectivity index (χ4n) is 8.28. The van der Waals surface area contributed by atoms with E-state index in [0.717, 1.165) is 77.6 Å². The third kappa shape index (κ3) is 6.31. The highest BCUT2D eigenvalue weighted by Crippen LogP contribution is 2.41. The van der Waals surface area contributed by atoms with Gasteiger partial charge in [0.1, 0.15) is 11.2 Å². The van der Waals surface area contributed by atoms with Gasteiger partial charge in [-0.3, -0.25) is 0 Å². The van der Waals surface area contributed by atoms with Crippen molar-refractivity contribution in [2.75, 3.05) is 0 Å². The van der Waals surface area contributed by atoms with Crippen LogP contribution in [0.15, 0.2) is 203 Å². The van der Waals surface area contributed by atoms with Crippen LogP contribution in [0.3, 0.4) is 0 Å². The van der Waals surface area contributed by atoms with Crippen molar-refractivity contribution in [2.24, 2.45) is 9.98 Å². The largest absolute Gasteiger partial charge is 0.455 e. The first-order chi connectivity index (χ1) is 28.5. The lowest BCUT2D eigenvalue weighted by molar-refractivity contribution is 0.670. The first kappa shape index (κ1) is 34.9. The highest BCUT2D eigenvalue weighted by Gasteiger charge is 2.20. The van der Waals surface area contributed by atoms with Crippen molar-refractivity contribution in [3.63, 3.8) is 0 Å². The van der Waals surface area contributed by atoms with Gasteiger partial charge in [-0.05, 0) is 89.7 Å². The summed E-state index contributed by atoms with van der Waals surface area (Å²) < 4.78 is 9.14. The monoisotopic (exact) mass is 745 g/mol. The zero-order valence-corrected chi connectivity index (χ0v) is 32.4. The number of fused-ring (bicyclic) bond motifs is 6. The van der Waals surface area contributed by atoms with Gasteiger partial charge in [0.25, 0.3) is 0 Å². The predicted molar refractivity (Wildman–Crippen MR) is 244 cm³/mol. The van der Waals surface area contributed by atoms with Gasteiger partial charge in [0.15, 0.2) is 5.84 Å². The number of amidine groups is 1. The Morgan fingerprint density at radius 1 is 0.569 bits per heavy atom. The van der Waals surface area contributed by atoms with Crippen molar-refractivity contribution in [3.05, 3.63) is 216 Å². The van der Waals surface area contributed by atoms with Gasteiger partial charge in [0.05, 0.1) is 16.7 Å². The van der Waals surface area contributed by atoms with Crippen molar-refractivity contribution in [2.45, 2.75) is 13.8 Å². The minimum Gasteiger partial charge on any atom is -0.455 e. The Morgan fingerprint density at radius 2 is 1.24 bits per heavy atom. The van der Waals surface area contributed by atoms with Crippen LogP contribution in [0.5, 0.6) is 0 Å². The lowest BCUT2D eigenvalue weighted by Gasteiger charge is -2.11. The standard InChI is InChI=1S/C54H39N3O/c1-35-28-36(2)30-43(29-35)57-49-24-14-13-22-44(49)45-27-26-41(33-50(45)57)37(3)56-54(55-34-38-16-7-4-8-17-38)46-23-15-25-51-52(46)48-32-42(39-18-9-5-10-19-39)31-47(53(48)58-51)40-20-11-6-12-21-40/h4-34H,3H2,1-2H3/b55-34+,56-54-. The van der Waals surface area contributed by atoms with E-state index in [2.05, 4.69) is 152 Å². The van der Waals surface area contributed by atoms with Crippen molar-refractivity contribution in [1.29, 1.82) is 0 Å². The van der Waals surface area contributed by atoms with Gasteiger partial charge in [-0.25, -0.2) is 9.98 Å². The Balaban J connectivity index is 1.19. The lowest BCUT2D eigenvalue weighted by Crippen LogP contribution is -2.01. The molecule has 2 aromatic heterocycles. The molecular weight excluding hydrogens is 707 g/mol. The molecule has 10 rings (SSSR count). The van der Waals surface area contributed by atoms with E-state index in [-0.39, 0.29) is 0 Å². The molecule has 0 aliphatic rings. The zero-order chi connectivity index (χ0) is 39.2. The van der Waals surface area contributed by atoms with Crippen molar-refractivity contribution >= 4 is 61.5 Å². The van der Waals surface area contributed by atoms with E-state index in [9.17, 15) is 0 Å². The number of hydrogen-bond acceptors (Lipinski definition) is 2. The molecule has 0 saturated carbocycles. The Hall–Kier alpha value is -7.56. The number of aliphatic imine (C=N–C) groups is 2. The maximum atomic E-state index is 6.79. The van der Waals surface area contributed by atoms with Crippen molar-refractivity contribution < 1.29 is 4.42 Å². The Morgan fingerprint density at radius 3 is 2.00 bits per heavy atom. The third-order valence-corrected chi connectivity index (χ3v) is 10.9. The normalized spacial score (nSPS) is 12.1. The van der Waals surface area contributed by atoms with Crippen LogP contribution in [-0.4, -0.2) is 16.6 Å². The Kier molecular flexibility index (Phi) is 8.73. The number of nitrogens with zero attached hydrogens (tertiary/aromatic N) is 3. The minimum atomic E-state index is 0.545. The molecule has 10 aromatic rings. The quantitative estimate of drug-likeness (QED) is 0.118. The molecule has 4 nitrogen and oxygen atoms in total. The summed E-state index contributed by atoms with van der Waals surface area (Å²) in [5.74, 6) is 0.545. The average molecular weight is 746 g/mol. The van der Waals surface area contributed by atoms with E-state index >= 15 is 0 Å². The SMILES string of the molecule is C=C(/N=C(\N=C\c1ccccc1)c1cccc2oc3c(-c4ccccc4)cc(-c4ccccc4)cc3c12)c1ccc2c3ccccc3n(-c3cc(C)cc(C)c3)c2c1. The maximum Gasteiger partial charge on any atom is 0.160 e. The molecule has 0 fully saturated rings. The molecule has 0 radical (unpaired) electrons. The van der Waals surface area contributed by atoms with E-state index in [0.29, 0.717) is 11.5 Å². The highest BCUT2D eigenvalue weighted by molar-refractivity contribution is 6.22. The van der Waals surface area contributed by atoms with E-state index in [1.807, 2.05) is 60.8 Å². The number of furan rings is 1. The van der Waals surface area contributed by atoms with Crippen LogP contribution >= 0.6 is 0 Å². The van der Waals surface area contributed by atoms with Gasteiger partial charge in [-0.1, -0.05) is 146 Å². The number of aryl methyl sites for hydroxylation is 2. The maximum absolute atomic E-state index is 6.79. The molecule has 0 N–H and O–H groups in total. The molecular formula is C54H39N3O. The molecule has 0 atom stereocenters. The molecule has 0 spiro atoms. The summed E-state index contributed by atoms with van der Waals surface area (Å²) in [7, 11) is 0. The number of hydrogen-bond donors (Lipinski definition) is 0. The molecule has 2 heterocycles. The van der Waals surface area contributed by atoms with Gasteiger partial charge >= 0.3 is 0 Å². The van der Waals surface area contributed by atoms with Gasteiger partial charge in [0.2, 0.25) is 0 Å². The van der Waals surface area contributed by atoms with Gasteiger partial charge in [-0.15, -0.1) is 0 Å². The molecule has 0 unspecified atom stereocenters. The number of benzene rings is 8. The first-order valence-electron chi connectivity index (χ1n) is 19.6. The van der Waals surface area contributed by atoms with Gasteiger partial charge < -0.3 is 8.98 Å². The summed E-state index contributed by atoms with van der Waals surface area (Å²) >= 11 is 0. The van der Waals surface area contributed by atoms with Crippen LogP contribution in [-0.2, 0) is 0 Å². The third-order valence-electron chi connectivity index (χ3n) is 10.9. The van der Waals surface area contributed by atoms with Crippen molar-refractivity contribution in [1.82, 2.24) is 4.57 Å². The average Bonchev–Trinajstić information content (AvgIpc) is 3.81. The van der Waals surface area contributed by atoms with Crippen LogP contribution in [0.25, 0.3) is 77.4 Å². The second-order valence-electron chi connectivity index (χ2n) is 14.9. The highest BCUT2D eigenvalue weighted by atomic mass is 16.3. The Labute approximate surface area is 337 Å². The lowest BCUT2D eigenvalue weighted by atomic mass is 9.95. The summed E-state index contributed by atoms with van der Waals surface area (Å²) in [6, 6.07) is 63.5. The van der Waals surface area contributed by atoms with Crippen LogP contribution in [0, 0.1) is 13.8 Å². The number of para-hydroxylation sites is 1. The molecule has 58 heavy (non-hydrogen) atoms. The minimum absolute atomic E-state index is 0.545. The van der Waals surface area contributed by atoms with Crippen LogP contribution in [0.1, 0.15) is 27.8 Å². The van der Waals surface area contributed by atoms with E-state index < -0.39 is 0 Å². The van der Waals surface area contributed by atoms with Crippen molar-refractivity contribution in [3.8, 4) is 27.9 Å². The summed E-state index contributed by atoms with van der Waals surface area (Å²) in [4.78, 5) is 10.4. The molecule has 8 aromatic carbocycles. The van der Waals surface area contributed by atoms with Gasteiger partial charge in [0, 0.05) is 50.1 Å². The summed E-state index contributed by atoms with van der Waals surface area (Å²) in [6.07, 6.45) is 1.87. The number of rotatable bonds is 7. The summed E-state index contributed by atoms with van der Waals surface area (Å²) in [5.41, 5.74) is 15.1. The molecule has 4 heteroatoms. The van der Waals surface area contributed by atoms with Crippen LogP contribution in [0.2, 0.25) is 0 Å². The molecule has 0 aliphatic carbocycles. The fourth-order valence-corrected chi connectivity index (χ4v) is 8.28. The van der Waals surface area contributed by atoms with Gasteiger partial charge in [-0.2, -0.15) is 0 Å². The zero-order valence-electron chi connectivity index (χ0n) is 32.4. The van der Waals surface area contributed by atoms with Crippen LogP contribution < -0.4 is 0 Å². The first-order valence-corrected chi connectivity index (χ1v) is 19.6. The predicted octanol–water partition coefficient (Wildman–Crippen LogP) is 14.2. The molecule has 0 saturated heterocycles. The fraction of sp³-hybridized carbons (Fsp3) is 0.0370. The van der Waals surface area contributed by atoms with E-state index in [1.54, 1.807) is 0 Å². The summed E-state index contributed by atoms with van der Waals surface area (Å²) in [5, 5.41) is 4.33.